The van der Waals surface area contributed by atoms with Gasteiger partial charge in [0.1, 0.15) is 0 Å². The molecule has 1 saturated carbocycles. The van der Waals surface area contributed by atoms with Crippen LogP contribution in [0.5, 0.6) is 0 Å². The number of carboxylic acids is 1. The van der Waals surface area contributed by atoms with E-state index in [-0.39, 0.29) is 12.5 Å². The highest BCUT2D eigenvalue weighted by Crippen LogP contribution is 2.40. The molecule has 4 N–H and O–H groups in total. The van der Waals surface area contributed by atoms with E-state index in [1.807, 2.05) is 6.26 Å². The molecule has 0 aliphatic heterocycles. The Hall–Kier alpha value is -0.750. The van der Waals surface area contributed by atoms with E-state index < -0.39 is 17.4 Å². The molecule has 0 aromatic carbocycles. The number of carboxylic acid groups (broad SMARTS) is 1. The molecule has 0 heterocycles. The fourth-order valence-electron chi connectivity index (χ4n) is 1.83. The second-order valence-corrected chi connectivity index (χ2v) is 5.53. The summed E-state index contributed by atoms with van der Waals surface area (Å²) in [6, 6.07) is -0.534. The zero-order chi connectivity index (χ0) is 12.9. The number of nitrogens with one attached hydrogen (secondary N) is 1. The number of aliphatic carboxylic acids is 1. The van der Waals surface area contributed by atoms with E-state index >= 15 is 0 Å². The maximum Gasteiger partial charge on any atom is 0.311 e. The molecule has 5 nitrogen and oxygen atoms in total. The van der Waals surface area contributed by atoms with E-state index in [1.165, 1.54) is 0 Å². The van der Waals surface area contributed by atoms with Crippen molar-refractivity contribution in [3.05, 3.63) is 0 Å². The van der Waals surface area contributed by atoms with E-state index in [1.54, 1.807) is 11.8 Å². The Bertz CT molecular complexity index is 292. The number of carbonyl (C=O) groups excluding carboxylic acids is 1. The lowest BCUT2D eigenvalue weighted by Gasteiger charge is -2.37. The lowest BCUT2D eigenvalue weighted by Crippen LogP contribution is -2.51. The van der Waals surface area contributed by atoms with Crippen LogP contribution in [0.4, 0.5) is 0 Å². The van der Waals surface area contributed by atoms with Crippen molar-refractivity contribution < 1.29 is 14.7 Å². The molecule has 0 radical (unpaired) electrons. The van der Waals surface area contributed by atoms with Crippen molar-refractivity contribution >= 4 is 23.6 Å². The molecule has 6 heteroatoms. The van der Waals surface area contributed by atoms with Gasteiger partial charge in [0.15, 0.2) is 0 Å². The summed E-state index contributed by atoms with van der Waals surface area (Å²) < 4.78 is 0. The Kier molecular flexibility index (Phi) is 5.27. The molecule has 1 aliphatic carbocycles. The Morgan fingerprint density at radius 3 is 2.59 bits per heavy atom. The van der Waals surface area contributed by atoms with E-state index in [2.05, 4.69) is 5.32 Å². The van der Waals surface area contributed by atoms with Crippen molar-refractivity contribution in [1.82, 2.24) is 5.32 Å². The molecule has 1 fully saturated rings. The second kappa shape index (κ2) is 6.26. The molecule has 0 spiro atoms. The molecule has 1 aliphatic rings. The minimum atomic E-state index is -0.818. The molecule has 0 aromatic rings. The number of hydrogen-bond acceptors (Lipinski definition) is 4. The third-order valence-electron chi connectivity index (χ3n) is 3.34. The molecule has 1 rings (SSSR count). The van der Waals surface area contributed by atoms with Crippen LogP contribution in [0.25, 0.3) is 0 Å². The van der Waals surface area contributed by atoms with E-state index in [0.29, 0.717) is 19.3 Å². The number of rotatable bonds is 7. The van der Waals surface area contributed by atoms with Gasteiger partial charge in [-0.15, -0.1) is 0 Å². The number of thioether (sulfide) groups is 1. The molecule has 0 unspecified atom stereocenters. The van der Waals surface area contributed by atoms with E-state index in [9.17, 15) is 9.59 Å². The van der Waals surface area contributed by atoms with Crippen LogP contribution >= 0.6 is 11.8 Å². The Morgan fingerprint density at radius 1 is 1.53 bits per heavy atom. The first-order valence-corrected chi connectivity index (χ1v) is 7.17. The Labute approximate surface area is 106 Å². The SMILES string of the molecule is CSCC[C@H](N)C(=O)NCC1(C(=O)O)CCC1. The fourth-order valence-corrected chi connectivity index (χ4v) is 2.32. The zero-order valence-electron chi connectivity index (χ0n) is 10.1. The summed E-state index contributed by atoms with van der Waals surface area (Å²) in [7, 11) is 0. The number of hydrogen-bond donors (Lipinski definition) is 3. The number of amides is 1. The maximum absolute atomic E-state index is 11.6. The summed E-state index contributed by atoms with van der Waals surface area (Å²) in [6.45, 7) is 0.203. The lowest BCUT2D eigenvalue weighted by molar-refractivity contribution is -0.154. The average molecular weight is 260 g/mol. The largest absolute Gasteiger partial charge is 0.481 e. The van der Waals surface area contributed by atoms with Crippen molar-refractivity contribution in [1.29, 1.82) is 0 Å². The van der Waals surface area contributed by atoms with Crippen LogP contribution in [0.3, 0.4) is 0 Å². The summed E-state index contributed by atoms with van der Waals surface area (Å²) in [4.78, 5) is 22.7. The van der Waals surface area contributed by atoms with Crippen molar-refractivity contribution in [3.8, 4) is 0 Å². The molecular formula is C11H20N2O3S. The van der Waals surface area contributed by atoms with Crippen molar-refractivity contribution in [2.75, 3.05) is 18.6 Å². The highest BCUT2D eigenvalue weighted by atomic mass is 32.2. The minimum absolute atomic E-state index is 0.203. The van der Waals surface area contributed by atoms with Gasteiger partial charge in [-0.2, -0.15) is 11.8 Å². The molecule has 1 atom stereocenters. The van der Waals surface area contributed by atoms with E-state index in [0.717, 1.165) is 12.2 Å². The number of carbonyl (C=O) groups is 2. The van der Waals surface area contributed by atoms with Crippen LogP contribution in [-0.4, -0.2) is 41.6 Å². The van der Waals surface area contributed by atoms with Gasteiger partial charge in [-0.25, -0.2) is 0 Å². The monoisotopic (exact) mass is 260 g/mol. The van der Waals surface area contributed by atoms with Crippen LogP contribution in [0.1, 0.15) is 25.7 Å². The molecule has 17 heavy (non-hydrogen) atoms. The summed E-state index contributed by atoms with van der Waals surface area (Å²) in [5.41, 5.74) is 4.95. The van der Waals surface area contributed by atoms with E-state index in [4.69, 9.17) is 10.8 Å². The Morgan fingerprint density at radius 2 is 2.18 bits per heavy atom. The zero-order valence-corrected chi connectivity index (χ0v) is 10.9. The van der Waals surface area contributed by atoms with Gasteiger partial charge in [0, 0.05) is 6.54 Å². The van der Waals surface area contributed by atoms with Gasteiger partial charge in [-0.3, -0.25) is 9.59 Å². The summed E-state index contributed by atoms with van der Waals surface area (Å²) >= 11 is 1.64. The predicted octanol–water partition coefficient (Wildman–Crippen LogP) is 0.438. The molecule has 98 valence electrons. The fraction of sp³-hybridized carbons (Fsp3) is 0.818. The van der Waals surface area contributed by atoms with Crippen molar-refractivity contribution in [2.24, 2.45) is 11.1 Å². The Balaban J connectivity index is 2.34. The highest BCUT2D eigenvalue weighted by Gasteiger charge is 2.44. The molecule has 0 aromatic heterocycles. The van der Waals surface area contributed by atoms with Gasteiger partial charge in [0.05, 0.1) is 11.5 Å². The first-order valence-electron chi connectivity index (χ1n) is 5.77. The average Bonchev–Trinajstić information content (AvgIpc) is 2.23. The third kappa shape index (κ3) is 3.61. The normalized spacial score (nSPS) is 19.2. The van der Waals surface area contributed by atoms with Gasteiger partial charge in [-0.05, 0) is 31.3 Å². The van der Waals surface area contributed by atoms with Gasteiger partial charge in [0.2, 0.25) is 5.91 Å². The van der Waals surface area contributed by atoms with Gasteiger partial charge in [-0.1, -0.05) is 6.42 Å². The number of nitrogens with two attached hydrogens (primary N) is 1. The van der Waals surface area contributed by atoms with Crippen molar-refractivity contribution in [2.45, 2.75) is 31.7 Å². The second-order valence-electron chi connectivity index (χ2n) is 4.54. The quantitative estimate of drug-likeness (QED) is 0.617. The van der Waals surface area contributed by atoms with Crippen molar-refractivity contribution in [3.63, 3.8) is 0 Å². The molecule has 0 saturated heterocycles. The predicted molar refractivity (Wildman–Crippen MR) is 67.9 cm³/mol. The first kappa shape index (κ1) is 14.3. The summed E-state index contributed by atoms with van der Waals surface area (Å²) in [5.74, 6) is -0.230. The molecular weight excluding hydrogens is 240 g/mol. The van der Waals surface area contributed by atoms with Crippen LogP contribution in [0.2, 0.25) is 0 Å². The first-order chi connectivity index (χ1) is 8.02. The summed E-state index contributed by atoms with van der Waals surface area (Å²) in [6.07, 6.45) is 4.78. The highest BCUT2D eigenvalue weighted by molar-refractivity contribution is 7.98. The van der Waals surface area contributed by atoms with Crippen LogP contribution in [0.15, 0.2) is 0 Å². The van der Waals surface area contributed by atoms with Crippen LogP contribution < -0.4 is 11.1 Å². The lowest BCUT2D eigenvalue weighted by atomic mass is 9.69. The summed E-state index contributed by atoms with van der Waals surface area (Å²) in [5, 5.41) is 11.8. The minimum Gasteiger partial charge on any atom is -0.481 e. The van der Waals surface area contributed by atoms with Gasteiger partial charge in [0.25, 0.3) is 0 Å². The standard InChI is InChI=1S/C11H20N2O3S/c1-17-6-3-8(12)9(14)13-7-11(10(15)16)4-2-5-11/h8H,2-7,12H2,1H3,(H,13,14)(H,15,16)/t8-/m0/s1. The third-order valence-corrected chi connectivity index (χ3v) is 3.98. The van der Waals surface area contributed by atoms with Gasteiger partial charge >= 0.3 is 5.97 Å². The van der Waals surface area contributed by atoms with Crippen LogP contribution in [0, 0.1) is 5.41 Å². The molecule has 0 bridgehead atoms. The van der Waals surface area contributed by atoms with Gasteiger partial charge < -0.3 is 16.2 Å². The molecule has 1 amide bonds. The maximum atomic E-state index is 11.6. The van der Waals surface area contributed by atoms with Crippen LogP contribution in [-0.2, 0) is 9.59 Å². The smallest absolute Gasteiger partial charge is 0.311 e. The topological polar surface area (TPSA) is 92.4 Å².